The van der Waals surface area contributed by atoms with Gasteiger partial charge in [-0.05, 0) is 19.1 Å². The molecule has 0 heterocycles. The minimum Gasteiger partial charge on any atom is -0.404 e. The van der Waals surface area contributed by atoms with Crippen molar-refractivity contribution in [3.63, 3.8) is 0 Å². The van der Waals surface area contributed by atoms with Crippen LogP contribution >= 0.6 is 0 Å². The summed E-state index contributed by atoms with van der Waals surface area (Å²) >= 11 is 0. The Bertz CT molecular complexity index is 528. The zero-order chi connectivity index (χ0) is 14.7. The maximum atomic E-state index is 12.1. The van der Waals surface area contributed by atoms with Crippen LogP contribution in [0, 0.1) is 0 Å². The maximum absolute atomic E-state index is 12.1. The second-order valence-electron chi connectivity index (χ2n) is 3.70. The molecule has 0 aliphatic rings. The van der Waals surface area contributed by atoms with E-state index in [2.05, 4.69) is 4.74 Å². The van der Waals surface area contributed by atoms with Crippen LogP contribution < -0.4 is 9.46 Å². The van der Waals surface area contributed by atoms with E-state index in [0.717, 1.165) is 12.1 Å². The molecule has 0 spiro atoms. The Morgan fingerprint density at radius 2 is 1.95 bits per heavy atom. The summed E-state index contributed by atoms with van der Waals surface area (Å²) in [7, 11) is -4.19. The first-order chi connectivity index (χ1) is 8.62. The number of alkyl halides is 3. The molecule has 1 aromatic carbocycles. The summed E-state index contributed by atoms with van der Waals surface area (Å²) in [5, 5.41) is 8.98. The lowest BCUT2D eigenvalue weighted by atomic mass is 10.3. The zero-order valence-electron chi connectivity index (χ0n) is 9.81. The summed E-state index contributed by atoms with van der Waals surface area (Å²) in [6, 6.07) is 4.35. The molecule has 0 radical (unpaired) electrons. The van der Waals surface area contributed by atoms with Crippen molar-refractivity contribution in [1.29, 1.82) is 0 Å². The van der Waals surface area contributed by atoms with Gasteiger partial charge in [-0.2, -0.15) is 0 Å². The fourth-order valence-electron chi connectivity index (χ4n) is 1.19. The molecule has 0 saturated heterocycles. The molecule has 1 rings (SSSR count). The van der Waals surface area contributed by atoms with E-state index >= 15 is 0 Å². The highest BCUT2D eigenvalue weighted by Crippen LogP contribution is 2.29. The monoisotopic (exact) mass is 299 g/mol. The largest absolute Gasteiger partial charge is 0.573 e. The smallest absolute Gasteiger partial charge is 0.404 e. The Balaban J connectivity index is 3.06. The number of aliphatic hydroxyl groups is 1. The second-order valence-corrected chi connectivity index (χ2v) is 5.43. The molecule has 5 nitrogen and oxygen atoms in total. The van der Waals surface area contributed by atoms with Gasteiger partial charge in [0.15, 0.2) is 0 Å². The molecule has 1 atom stereocenters. The van der Waals surface area contributed by atoms with Crippen LogP contribution in [0.2, 0.25) is 0 Å². The third kappa shape index (κ3) is 5.05. The molecule has 0 amide bonds. The number of halogens is 3. The minimum atomic E-state index is -4.99. The van der Waals surface area contributed by atoms with Crippen molar-refractivity contribution in [1.82, 2.24) is 4.72 Å². The Labute approximate surface area is 108 Å². The number of benzene rings is 1. The molecule has 2 N–H and O–H groups in total. The summed E-state index contributed by atoms with van der Waals surface area (Å²) in [5.41, 5.74) is 0. The van der Waals surface area contributed by atoms with Crippen molar-refractivity contribution in [3.05, 3.63) is 24.3 Å². The summed E-state index contributed by atoms with van der Waals surface area (Å²) < 4.78 is 65.6. The first-order valence-corrected chi connectivity index (χ1v) is 6.62. The molecule has 1 aromatic rings. The number of aliphatic hydroxyl groups excluding tert-OH is 1. The van der Waals surface area contributed by atoms with Crippen molar-refractivity contribution < 1.29 is 31.4 Å². The van der Waals surface area contributed by atoms with Gasteiger partial charge in [-0.25, -0.2) is 13.1 Å². The van der Waals surface area contributed by atoms with Crippen LogP contribution in [-0.4, -0.2) is 32.5 Å². The van der Waals surface area contributed by atoms with E-state index in [9.17, 15) is 21.6 Å². The Hall–Kier alpha value is -1.32. The molecular formula is C10H12F3NO4S. The van der Waals surface area contributed by atoms with E-state index < -0.39 is 33.1 Å². The SMILES string of the molecule is CC(O)CNS(=O)(=O)c1ccccc1OC(F)(F)F. The van der Waals surface area contributed by atoms with Crippen LogP contribution in [0.1, 0.15) is 6.92 Å². The van der Waals surface area contributed by atoms with E-state index in [4.69, 9.17) is 5.11 Å². The van der Waals surface area contributed by atoms with Gasteiger partial charge in [-0.15, -0.1) is 13.2 Å². The topological polar surface area (TPSA) is 75.6 Å². The van der Waals surface area contributed by atoms with Gasteiger partial charge in [0, 0.05) is 6.54 Å². The van der Waals surface area contributed by atoms with Gasteiger partial charge < -0.3 is 9.84 Å². The molecule has 0 aliphatic heterocycles. The van der Waals surface area contributed by atoms with E-state index in [0.29, 0.717) is 0 Å². The highest BCUT2D eigenvalue weighted by atomic mass is 32.2. The number of hydrogen-bond donors (Lipinski definition) is 2. The molecule has 0 fully saturated rings. The highest BCUT2D eigenvalue weighted by molar-refractivity contribution is 7.89. The first-order valence-electron chi connectivity index (χ1n) is 5.14. The second kappa shape index (κ2) is 5.76. The van der Waals surface area contributed by atoms with Crippen molar-refractivity contribution >= 4 is 10.0 Å². The fourth-order valence-corrected chi connectivity index (χ4v) is 2.44. The molecule has 0 aliphatic carbocycles. The first kappa shape index (κ1) is 15.7. The highest BCUT2D eigenvalue weighted by Gasteiger charge is 2.33. The van der Waals surface area contributed by atoms with Crippen molar-refractivity contribution in [2.75, 3.05) is 6.54 Å². The van der Waals surface area contributed by atoms with Gasteiger partial charge in [0.05, 0.1) is 6.10 Å². The molecule has 1 unspecified atom stereocenters. The fraction of sp³-hybridized carbons (Fsp3) is 0.400. The van der Waals surface area contributed by atoms with E-state index in [1.54, 1.807) is 0 Å². The van der Waals surface area contributed by atoms with Gasteiger partial charge in [-0.1, -0.05) is 12.1 Å². The minimum absolute atomic E-state index is 0.317. The van der Waals surface area contributed by atoms with Crippen LogP contribution in [0.3, 0.4) is 0 Å². The predicted molar refractivity (Wildman–Crippen MR) is 60.0 cm³/mol. The van der Waals surface area contributed by atoms with E-state index in [-0.39, 0.29) is 6.54 Å². The normalized spacial score (nSPS) is 14.2. The molecule has 0 aromatic heterocycles. The number of hydrogen-bond acceptors (Lipinski definition) is 4. The standard InChI is InChI=1S/C10H12F3NO4S/c1-7(15)6-14-19(16,17)9-5-3-2-4-8(9)18-10(11,12)13/h2-5,7,14-15H,6H2,1H3. The van der Waals surface area contributed by atoms with Crippen molar-refractivity contribution in [2.45, 2.75) is 24.3 Å². The maximum Gasteiger partial charge on any atom is 0.573 e. The van der Waals surface area contributed by atoms with E-state index in [1.165, 1.54) is 19.1 Å². The van der Waals surface area contributed by atoms with Gasteiger partial charge in [0.2, 0.25) is 10.0 Å². The lowest BCUT2D eigenvalue weighted by Gasteiger charge is -2.14. The summed E-state index contributed by atoms with van der Waals surface area (Å²) in [5.74, 6) is -0.826. The predicted octanol–water partition coefficient (Wildman–Crippen LogP) is 1.24. The van der Waals surface area contributed by atoms with Crippen LogP contribution in [0.5, 0.6) is 5.75 Å². The Morgan fingerprint density at radius 1 is 1.37 bits per heavy atom. The number of nitrogens with one attached hydrogen (secondary N) is 1. The molecule has 9 heteroatoms. The summed E-state index contributed by atoms with van der Waals surface area (Å²) in [4.78, 5) is -0.645. The molecule has 108 valence electrons. The number of ether oxygens (including phenoxy) is 1. The van der Waals surface area contributed by atoms with Gasteiger partial charge in [0.25, 0.3) is 0 Å². The van der Waals surface area contributed by atoms with Gasteiger partial charge in [-0.3, -0.25) is 0 Å². The number of sulfonamides is 1. The third-order valence-electron chi connectivity index (χ3n) is 1.93. The van der Waals surface area contributed by atoms with E-state index in [1.807, 2.05) is 4.72 Å². The van der Waals surface area contributed by atoms with Crippen LogP contribution in [0.25, 0.3) is 0 Å². The zero-order valence-corrected chi connectivity index (χ0v) is 10.6. The van der Waals surface area contributed by atoms with Crippen molar-refractivity contribution in [2.24, 2.45) is 0 Å². The third-order valence-corrected chi connectivity index (χ3v) is 3.40. The summed E-state index contributed by atoms with van der Waals surface area (Å²) in [6.45, 7) is 1.02. The quantitative estimate of drug-likeness (QED) is 0.858. The molecular weight excluding hydrogens is 287 g/mol. The lowest BCUT2D eigenvalue weighted by molar-refractivity contribution is -0.275. The van der Waals surface area contributed by atoms with Crippen LogP contribution in [-0.2, 0) is 10.0 Å². The summed E-state index contributed by atoms with van der Waals surface area (Å²) in [6.07, 6.45) is -5.96. The van der Waals surface area contributed by atoms with Crippen LogP contribution in [0.4, 0.5) is 13.2 Å². The van der Waals surface area contributed by atoms with Gasteiger partial charge in [0.1, 0.15) is 10.6 Å². The lowest BCUT2D eigenvalue weighted by Crippen LogP contribution is -2.31. The Morgan fingerprint density at radius 3 is 2.47 bits per heavy atom. The molecule has 0 saturated carbocycles. The average molecular weight is 299 g/mol. The molecule has 0 bridgehead atoms. The molecule has 19 heavy (non-hydrogen) atoms. The average Bonchev–Trinajstić information content (AvgIpc) is 2.25. The van der Waals surface area contributed by atoms with Crippen LogP contribution in [0.15, 0.2) is 29.2 Å². The Kier molecular flexibility index (Phi) is 4.77. The van der Waals surface area contributed by atoms with Crippen molar-refractivity contribution in [3.8, 4) is 5.75 Å². The van der Waals surface area contributed by atoms with Gasteiger partial charge >= 0.3 is 6.36 Å². The number of rotatable bonds is 5. The number of para-hydroxylation sites is 1.